The van der Waals surface area contributed by atoms with E-state index < -0.39 is 0 Å². The van der Waals surface area contributed by atoms with Crippen molar-refractivity contribution in [1.29, 1.82) is 0 Å². The molecular formula is C14H21NO. The molecule has 2 N–H and O–H groups in total. The molecule has 1 saturated carbocycles. The molecule has 0 amide bonds. The van der Waals surface area contributed by atoms with Crippen LogP contribution in [0, 0.1) is 5.92 Å². The Kier molecular flexibility index (Phi) is 3.20. The molecule has 1 fully saturated rings. The second-order valence-electron chi connectivity index (χ2n) is 4.95. The molecule has 0 atom stereocenters. The Labute approximate surface area is 97.8 Å². The van der Waals surface area contributed by atoms with Gasteiger partial charge in [0.15, 0.2) is 0 Å². The second kappa shape index (κ2) is 4.46. The monoisotopic (exact) mass is 219 g/mol. The van der Waals surface area contributed by atoms with Gasteiger partial charge in [0.2, 0.25) is 0 Å². The molecule has 0 radical (unpaired) electrons. The zero-order valence-electron chi connectivity index (χ0n) is 10.2. The lowest BCUT2D eigenvalue weighted by atomic mass is 9.64. The largest absolute Gasteiger partial charge is 0.497 e. The summed E-state index contributed by atoms with van der Waals surface area (Å²) >= 11 is 0. The molecule has 0 spiro atoms. The lowest BCUT2D eigenvalue weighted by Gasteiger charge is -2.45. The van der Waals surface area contributed by atoms with E-state index in [2.05, 4.69) is 19.1 Å². The van der Waals surface area contributed by atoms with Crippen LogP contribution in [0.5, 0.6) is 5.75 Å². The Morgan fingerprint density at radius 1 is 1.44 bits per heavy atom. The van der Waals surface area contributed by atoms with Crippen molar-refractivity contribution in [2.24, 2.45) is 11.7 Å². The molecule has 0 bridgehead atoms. The fourth-order valence-electron chi connectivity index (χ4n) is 2.75. The first kappa shape index (κ1) is 11.5. The SMILES string of the molecule is CCCC1CC(N)(c2cccc(OC)c2)C1. The van der Waals surface area contributed by atoms with Crippen LogP contribution in [0.4, 0.5) is 0 Å². The molecule has 0 unspecified atom stereocenters. The highest BCUT2D eigenvalue weighted by Crippen LogP contribution is 2.46. The molecule has 0 saturated heterocycles. The van der Waals surface area contributed by atoms with Crippen molar-refractivity contribution >= 4 is 0 Å². The summed E-state index contributed by atoms with van der Waals surface area (Å²) in [7, 11) is 1.70. The Hall–Kier alpha value is -1.02. The molecule has 88 valence electrons. The van der Waals surface area contributed by atoms with Crippen LogP contribution in [0.15, 0.2) is 24.3 Å². The summed E-state index contributed by atoms with van der Waals surface area (Å²) in [5.74, 6) is 1.72. The number of rotatable bonds is 4. The van der Waals surface area contributed by atoms with Gasteiger partial charge in [0.05, 0.1) is 7.11 Å². The molecule has 1 aromatic carbocycles. The zero-order valence-corrected chi connectivity index (χ0v) is 10.2. The maximum Gasteiger partial charge on any atom is 0.119 e. The minimum absolute atomic E-state index is 0.103. The van der Waals surface area contributed by atoms with Crippen LogP contribution in [-0.2, 0) is 5.54 Å². The van der Waals surface area contributed by atoms with E-state index in [1.807, 2.05) is 12.1 Å². The highest BCUT2D eigenvalue weighted by atomic mass is 16.5. The van der Waals surface area contributed by atoms with Crippen LogP contribution in [0.3, 0.4) is 0 Å². The van der Waals surface area contributed by atoms with Gasteiger partial charge in [-0.2, -0.15) is 0 Å². The van der Waals surface area contributed by atoms with Gasteiger partial charge in [0.25, 0.3) is 0 Å². The number of nitrogens with two attached hydrogens (primary N) is 1. The molecule has 0 aliphatic heterocycles. The van der Waals surface area contributed by atoms with Crippen molar-refractivity contribution in [3.05, 3.63) is 29.8 Å². The third kappa shape index (κ3) is 2.07. The predicted octanol–water partition coefficient (Wildman–Crippen LogP) is 3.06. The van der Waals surface area contributed by atoms with Gasteiger partial charge < -0.3 is 10.5 Å². The lowest BCUT2D eigenvalue weighted by molar-refractivity contribution is 0.137. The molecule has 2 rings (SSSR count). The van der Waals surface area contributed by atoms with E-state index in [9.17, 15) is 0 Å². The number of ether oxygens (including phenoxy) is 1. The average molecular weight is 219 g/mol. The van der Waals surface area contributed by atoms with Crippen LogP contribution in [0.2, 0.25) is 0 Å². The van der Waals surface area contributed by atoms with Crippen molar-refractivity contribution in [2.45, 2.75) is 38.1 Å². The summed E-state index contributed by atoms with van der Waals surface area (Å²) in [5, 5.41) is 0. The summed E-state index contributed by atoms with van der Waals surface area (Å²) in [5.41, 5.74) is 7.53. The molecule has 0 aromatic heterocycles. The van der Waals surface area contributed by atoms with Gasteiger partial charge >= 0.3 is 0 Å². The Morgan fingerprint density at radius 3 is 2.81 bits per heavy atom. The third-order valence-corrected chi connectivity index (χ3v) is 3.65. The fraction of sp³-hybridized carbons (Fsp3) is 0.571. The van der Waals surface area contributed by atoms with Gasteiger partial charge in [-0.05, 0) is 36.5 Å². The number of methoxy groups -OCH3 is 1. The Morgan fingerprint density at radius 2 is 2.19 bits per heavy atom. The van der Waals surface area contributed by atoms with E-state index in [-0.39, 0.29) is 5.54 Å². The first-order chi connectivity index (χ1) is 7.68. The fourth-order valence-corrected chi connectivity index (χ4v) is 2.75. The predicted molar refractivity (Wildman–Crippen MR) is 66.5 cm³/mol. The van der Waals surface area contributed by atoms with Crippen molar-refractivity contribution in [2.75, 3.05) is 7.11 Å². The topological polar surface area (TPSA) is 35.2 Å². The first-order valence-electron chi connectivity index (χ1n) is 6.11. The lowest BCUT2D eigenvalue weighted by Crippen LogP contribution is -2.48. The van der Waals surface area contributed by atoms with Crippen LogP contribution >= 0.6 is 0 Å². The zero-order chi connectivity index (χ0) is 11.6. The molecule has 2 nitrogen and oxygen atoms in total. The first-order valence-corrected chi connectivity index (χ1v) is 6.11. The maximum absolute atomic E-state index is 6.41. The van der Waals surface area contributed by atoms with E-state index >= 15 is 0 Å². The molecule has 0 heterocycles. The molecule has 1 aliphatic rings. The van der Waals surface area contributed by atoms with Crippen molar-refractivity contribution in [3.63, 3.8) is 0 Å². The summed E-state index contributed by atoms with van der Waals surface area (Å²) in [6, 6.07) is 8.18. The van der Waals surface area contributed by atoms with Gasteiger partial charge in [-0.15, -0.1) is 0 Å². The standard InChI is InChI=1S/C14H21NO/c1-3-5-11-9-14(15,10-11)12-6-4-7-13(8-12)16-2/h4,6-8,11H,3,5,9-10,15H2,1-2H3. The summed E-state index contributed by atoms with van der Waals surface area (Å²) < 4.78 is 5.24. The Balaban J connectivity index is 2.07. The normalized spacial score (nSPS) is 28.6. The van der Waals surface area contributed by atoms with Crippen molar-refractivity contribution < 1.29 is 4.74 Å². The number of hydrogen-bond donors (Lipinski definition) is 1. The summed E-state index contributed by atoms with van der Waals surface area (Å²) in [6.07, 6.45) is 4.81. The van der Waals surface area contributed by atoms with Crippen LogP contribution in [0.1, 0.15) is 38.2 Å². The molecule has 1 aromatic rings. The number of benzene rings is 1. The van der Waals surface area contributed by atoms with Crippen LogP contribution < -0.4 is 10.5 Å². The van der Waals surface area contributed by atoms with Gasteiger partial charge in [-0.25, -0.2) is 0 Å². The Bertz CT molecular complexity index is 356. The van der Waals surface area contributed by atoms with Gasteiger partial charge in [-0.3, -0.25) is 0 Å². The highest BCUT2D eigenvalue weighted by molar-refractivity contribution is 5.34. The van der Waals surface area contributed by atoms with E-state index in [1.54, 1.807) is 7.11 Å². The van der Waals surface area contributed by atoms with Gasteiger partial charge in [0.1, 0.15) is 5.75 Å². The minimum Gasteiger partial charge on any atom is -0.497 e. The highest BCUT2D eigenvalue weighted by Gasteiger charge is 2.41. The third-order valence-electron chi connectivity index (χ3n) is 3.65. The summed E-state index contributed by atoms with van der Waals surface area (Å²) in [4.78, 5) is 0. The molecular weight excluding hydrogens is 198 g/mol. The maximum atomic E-state index is 6.41. The number of hydrogen-bond acceptors (Lipinski definition) is 2. The molecule has 1 aliphatic carbocycles. The molecule has 16 heavy (non-hydrogen) atoms. The smallest absolute Gasteiger partial charge is 0.119 e. The van der Waals surface area contributed by atoms with E-state index in [4.69, 9.17) is 10.5 Å². The quantitative estimate of drug-likeness (QED) is 0.844. The second-order valence-corrected chi connectivity index (χ2v) is 4.95. The average Bonchev–Trinajstić information content (AvgIpc) is 2.27. The van der Waals surface area contributed by atoms with E-state index in [0.29, 0.717) is 0 Å². The van der Waals surface area contributed by atoms with Crippen molar-refractivity contribution in [3.8, 4) is 5.75 Å². The van der Waals surface area contributed by atoms with E-state index in [0.717, 1.165) is 24.5 Å². The van der Waals surface area contributed by atoms with Crippen LogP contribution in [0.25, 0.3) is 0 Å². The van der Waals surface area contributed by atoms with Gasteiger partial charge in [-0.1, -0.05) is 31.9 Å². The van der Waals surface area contributed by atoms with Crippen LogP contribution in [-0.4, -0.2) is 7.11 Å². The van der Waals surface area contributed by atoms with Gasteiger partial charge in [0, 0.05) is 5.54 Å². The molecule has 2 heteroatoms. The van der Waals surface area contributed by atoms with Crippen molar-refractivity contribution in [1.82, 2.24) is 0 Å². The summed E-state index contributed by atoms with van der Waals surface area (Å²) in [6.45, 7) is 2.24. The minimum atomic E-state index is -0.103. The van der Waals surface area contributed by atoms with E-state index in [1.165, 1.54) is 18.4 Å².